The summed E-state index contributed by atoms with van der Waals surface area (Å²) in [5.41, 5.74) is 2.26. The largest absolute Gasteiger partial charge is 0.465 e. The SMILES string of the molecule is COC(=O)c1cccc(NC(=O)C(C)n2cnc3sc(C)c(-c4ccccc4)c3c2=O)c1. The van der Waals surface area contributed by atoms with Gasteiger partial charge in [-0.2, -0.15) is 0 Å². The molecule has 7 nitrogen and oxygen atoms in total. The number of benzene rings is 2. The maximum Gasteiger partial charge on any atom is 0.337 e. The first kappa shape index (κ1) is 21.5. The van der Waals surface area contributed by atoms with Crippen LogP contribution in [0.1, 0.15) is 28.2 Å². The highest BCUT2D eigenvalue weighted by Crippen LogP contribution is 2.35. The van der Waals surface area contributed by atoms with Crippen LogP contribution in [0, 0.1) is 6.92 Å². The normalized spacial score (nSPS) is 11.8. The smallest absolute Gasteiger partial charge is 0.337 e. The van der Waals surface area contributed by atoms with Gasteiger partial charge >= 0.3 is 5.97 Å². The number of methoxy groups -OCH3 is 1. The number of aryl methyl sites for hydroxylation is 1. The molecular formula is C24H21N3O4S. The molecule has 0 saturated carbocycles. The predicted molar refractivity (Wildman–Crippen MR) is 125 cm³/mol. The molecule has 0 bridgehead atoms. The zero-order chi connectivity index (χ0) is 22.8. The van der Waals surface area contributed by atoms with Crippen LogP contribution >= 0.6 is 11.3 Å². The molecule has 0 aliphatic carbocycles. The predicted octanol–water partition coefficient (Wildman–Crippen LogP) is 4.42. The number of aromatic nitrogens is 2. The van der Waals surface area contributed by atoms with Crippen molar-refractivity contribution < 1.29 is 14.3 Å². The molecule has 8 heteroatoms. The van der Waals surface area contributed by atoms with E-state index >= 15 is 0 Å². The average molecular weight is 448 g/mol. The van der Waals surface area contributed by atoms with E-state index in [0.717, 1.165) is 16.0 Å². The molecule has 0 saturated heterocycles. The van der Waals surface area contributed by atoms with Crippen molar-refractivity contribution in [2.75, 3.05) is 12.4 Å². The summed E-state index contributed by atoms with van der Waals surface area (Å²) >= 11 is 1.46. The highest BCUT2D eigenvalue weighted by molar-refractivity contribution is 7.19. The monoisotopic (exact) mass is 447 g/mol. The summed E-state index contributed by atoms with van der Waals surface area (Å²) in [6.45, 7) is 3.60. The Labute approximate surface area is 188 Å². The number of hydrogen-bond acceptors (Lipinski definition) is 6. The fourth-order valence-electron chi connectivity index (χ4n) is 3.56. The number of thiophene rings is 1. The van der Waals surface area contributed by atoms with Crippen molar-refractivity contribution in [1.29, 1.82) is 0 Å². The van der Waals surface area contributed by atoms with E-state index in [4.69, 9.17) is 4.74 Å². The number of ether oxygens (including phenoxy) is 1. The van der Waals surface area contributed by atoms with Crippen LogP contribution in [0.2, 0.25) is 0 Å². The molecule has 4 aromatic rings. The maximum atomic E-state index is 13.4. The Hall–Kier alpha value is -3.78. The minimum atomic E-state index is -0.815. The number of carbonyl (C=O) groups is 2. The molecule has 32 heavy (non-hydrogen) atoms. The van der Waals surface area contributed by atoms with Crippen LogP contribution in [0.15, 0.2) is 65.7 Å². The van der Waals surface area contributed by atoms with Gasteiger partial charge in [0, 0.05) is 16.1 Å². The first-order chi connectivity index (χ1) is 15.4. The third-order valence-corrected chi connectivity index (χ3v) is 6.24. The lowest BCUT2D eigenvalue weighted by Gasteiger charge is -2.15. The summed E-state index contributed by atoms with van der Waals surface area (Å²) in [5.74, 6) is -0.898. The van der Waals surface area contributed by atoms with Crippen LogP contribution in [0.3, 0.4) is 0 Å². The summed E-state index contributed by atoms with van der Waals surface area (Å²) in [6, 6.07) is 15.3. The van der Waals surface area contributed by atoms with Crippen LogP contribution in [-0.4, -0.2) is 28.5 Å². The van der Waals surface area contributed by atoms with E-state index < -0.39 is 17.9 Å². The number of carbonyl (C=O) groups excluding carboxylic acids is 2. The van der Waals surface area contributed by atoms with Crippen LogP contribution in [0.5, 0.6) is 0 Å². The Bertz CT molecular complexity index is 1380. The Morgan fingerprint density at radius 1 is 1.12 bits per heavy atom. The highest BCUT2D eigenvalue weighted by Gasteiger charge is 2.22. The molecule has 1 N–H and O–H groups in total. The summed E-state index contributed by atoms with van der Waals surface area (Å²) in [5, 5.41) is 3.26. The van der Waals surface area contributed by atoms with E-state index in [9.17, 15) is 14.4 Å². The van der Waals surface area contributed by atoms with Gasteiger partial charge in [-0.3, -0.25) is 14.2 Å². The van der Waals surface area contributed by atoms with Gasteiger partial charge in [-0.15, -0.1) is 11.3 Å². The fourth-order valence-corrected chi connectivity index (χ4v) is 4.56. The average Bonchev–Trinajstić information content (AvgIpc) is 3.15. The zero-order valence-electron chi connectivity index (χ0n) is 17.8. The number of rotatable bonds is 5. The second-order valence-corrected chi connectivity index (χ2v) is 8.48. The molecule has 0 spiro atoms. The molecule has 1 amide bonds. The number of nitrogens with zero attached hydrogens (tertiary/aromatic N) is 2. The van der Waals surface area contributed by atoms with Gasteiger partial charge in [0.25, 0.3) is 5.56 Å². The van der Waals surface area contributed by atoms with E-state index in [0.29, 0.717) is 21.5 Å². The van der Waals surface area contributed by atoms with Crippen LogP contribution in [0.4, 0.5) is 5.69 Å². The molecule has 0 radical (unpaired) electrons. The lowest BCUT2D eigenvalue weighted by molar-refractivity contribution is -0.118. The molecule has 0 aliphatic rings. The highest BCUT2D eigenvalue weighted by atomic mass is 32.1. The van der Waals surface area contributed by atoms with Gasteiger partial charge in [0.05, 0.1) is 24.4 Å². The van der Waals surface area contributed by atoms with Gasteiger partial charge in [0.15, 0.2) is 0 Å². The first-order valence-electron chi connectivity index (χ1n) is 9.95. The van der Waals surface area contributed by atoms with Crippen molar-refractivity contribution in [3.63, 3.8) is 0 Å². The van der Waals surface area contributed by atoms with Gasteiger partial charge in [-0.05, 0) is 37.6 Å². The lowest BCUT2D eigenvalue weighted by atomic mass is 10.0. The molecule has 1 atom stereocenters. The summed E-state index contributed by atoms with van der Waals surface area (Å²) in [6.07, 6.45) is 1.41. The van der Waals surface area contributed by atoms with Gasteiger partial charge in [0.1, 0.15) is 10.9 Å². The van der Waals surface area contributed by atoms with Crippen molar-refractivity contribution in [3.8, 4) is 11.1 Å². The Morgan fingerprint density at radius 3 is 2.59 bits per heavy atom. The van der Waals surface area contributed by atoms with E-state index in [2.05, 4.69) is 10.3 Å². The molecule has 1 unspecified atom stereocenters. The molecule has 2 aromatic heterocycles. The maximum absolute atomic E-state index is 13.4. The summed E-state index contributed by atoms with van der Waals surface area (Å²) < 4.78 is 6.05. The molecule has 2 heterocycles. The van der Waals surface area contributed by atoms with Crippen LogP contribution < -0.4 is 10.9 Å². The standard InChI is InChI=1S/C24H21N3O4S/c1-14(21(28)26-18-11-7-10-17(12-18)24(30)31-3)27-13-25-22-20(23(27)29)19(15(2)32-22)16-8-5-4-6-9-16/h4-14H,1-3H3,(H,26,28). The molecular weight excluding hydrogens is 426 g/mol. The first-order valence-corrected chi connectivity index (χ1v) is 10.8. The second-order valence-electron chi connectivity index (χ2n) is 7.27. The molecule has 0 aliphatic heterocycles. The quantitative estimate of drug-likeness (QED) is 0.458. The molecule has 162 valence electrons. The van der Waals surface area contributed by atoms with E-state index in [1.165, 1.54) is 35.4 Å². The number of amides is 1. The molecule has 4 rings (SSSR count). The minimum absolute atomic E-state index is 0.274. The fraction of sp³-hybridized carbons (Fsp3) is 0.167. The summed E-state index contributed by atoms with van der Waals surface area (Å²) in [4.78, 5) is 44.1. The lowest BCUT2D eigenvalue weighted by Crippen LogP contribution is -2.31. The Kier molecular flexibility index (Phi) is 5.87. The number of esters is 1. The number of nitrogens with one attached hydrogen (secondary N) is 1. The van der Waals surface area contributed by atoms with E-state index in [1.807, 2.05) is 37.3 Å². The van der Waals surface area contributed by atoms with Gasteiger partial charge in [-0.1, -0.05) is 36.4 Å². The van der Waals surface area contributed by atoms with Crippen molar-refractivity contribution in [1.82, 2.24) is 9.55 Å². The molecule has 2 aromatic carbocycles. The second kappa shape index (κ2) is 8.76. The Balaban J connectivity index is 1.69. The van der Waals surface area contributed by atoms with Crippen molar-refractivity contribution in [2.24, 2.45) is 0 Å². The third kappa shape index (κ3) is 3.92. The zero-order valence-corrected chi connectivity index (χ0v) is 18.6. The number of anilines is 1. The molecule has 0 fully saturated rings. The van der Waals surface area contributed by atoms with Gasteiger partial charge < -0.3 is 10.1 Å². The van der Waals surface area contributed by atoms with E-state index in [1.54, 1.807) is 25.1 Å². The van der Waals surface area contributed by atoms with Crippen molar-refractivity contribution in [2.45, 2.75) is 19.9 Å². The third-order valence-electron chi connectivity index (χ3n) is 5.22. The van der Waals surface area contributed by atoms with Crippen molar-refractivity contribution in [3.05, 3.63) is 81.7 Å². The number of fused-ring (bicyclic) bond motifs is 1. The van der Waals surface area contributed by atoms with Crippen LogP contribution in [0.25, 0.3) is 21.3 Å². The van der Waals surface area contributed by atoms with Gasteiger partial charge in [-0.25, -0.2) is 9.78 Å². The number of hydrogen-bond donors (Lipinski definition) is 1. The Morgan fingerprint density at radius 2 is 1.88 bits per heavy atom. The van der Waals surface area contributed by atoms with E-state index in [-0.39, 0.29) is 5.56 Å². The van der Waals surface area contributed by atoms with Gasteiger partial charge in [0.2, 0.25) is 5.91 Å². The topological polar surface area (TPSA) is 90.3 Å². The summed E-state index contributed by atoms with van der Waals surface area (Å²) in [7, 11) is 1.29. The van der Waals surface area contributed by atoms with Crippen LogP contribution in [-0.2, 0) is 9.53 Å². The van der Waals surface area contributed by atoms with Crippen molar-refractivity contribution >= 4 is 39.1 Å². The minimum Gasteiger partial charge on any atom is -0.465 e.